The maximum Gasteiger partial charge on any atom is 0.256 e. The minimum absolute atomic E-state index is 0.0314. The van der Waals surface area contributed by atoms with Crippen molar-refractivity contribution in [1.82, 2.24) is 15.1 Å². The van der Waals surface area contributed by atoms with Gasteiger partial charge in [0, 0.05) is 42.9 Å². The monoisotopic (exact) mass is 521 g/mol. The lowest BCUT2D eigenvalue weighted by molar-refractivity contribution is -0.143. The number of carbonyl (C=O) groups is 3. The SMILES string of the molecule is O=C(NCc1ccccc1)[C@H]1COC2(CCN(C(=O)Cc3cccs3)CC2)N1C(=O)c1ccc(F)cc1. The van der Waals surface area contributed by atoms with Gasteiger partial charge in [-0.15, -0.1) is 11.3 Å². The standard InChI is InChI=1S/C28H28FN3O4S/c29-22-10-8-21(9-11-22)27(35)32-24(26(34)30-18-20-5-2-1-3-6-20)19-36-28(32)12-14-31(15-13-28)25(33)17-23-7-4-16-37-23/h1-11,16,24H,12-15,17-19H2,(H,30,34)/t24-/m1/s1. The Bertz CT molecular complexity index is 1240. The van der Waals surface area contributed by atoms with Gasteiger partial charge in [0.2, 0.25) is 11.8 Å². The molecule has 0 radical (unpaired) electrons. The van der Waals surface area contributed by atoms with Crippen molar-refractivity contribution >= 4 is 29.1 Å². The molecule has 5 rings (SSSR count). The van der Waals surface area contributed by atoms with E-state index in [0.29, 0.717) is 38.9 Å². The quantitative estimate of drug-likeness (QED) is 0.538. The van der Waals surface area contributed by atoms with Crippen LogP contribution in [0.5, 0.6) is 0 Å². The van der Waals surface area contributed by atoms with Crippen molar-refractivity contribution in [3.8, 4) is 0 Å². The van der Waals surface area contributed by atoms with Crippen LogP contribution >= 0.6 is 11.3 Å². The Morgan fingerprint density at radius 3 is 2.41 bits per heavy atom. The fraction of sp³-hybridized carbons (Fsp3) is 0.321. The van der Waals surface area contributed by atoms with E-state index < -0.39 is 23.5 Å². The Labute approximate surface area is 218 Å². The van der Waals surface area contributed by atoms with Crippen LogP contribution in [0.4, 0.5) is 4.39 Å². The first-order valence-corrected chi connectivity index (χ1v) is 13.2. The maximum atomic E-state index is 13.7. The lowest BCUT2D eigenvalue weighted by Crippen LogP contribution is -2.59. The molecule has 2 saturated heterocycles. The normalized spacial score (nSPS) is 18.7. The smallest absolute Gasteiger partial charge is 0.256 e. The van der Waals surface area contributed by atoms with Gasteiger partial charge in [0.15, 0.2) is 0 Å². The Morgan fingerprint density at radius 2 is 1.73 bits per heavy atom. The second-order valence-electron chi connectivity index (χ2n) is 9.30. The summed E-state index contributed by atoms with van der Waals surface area (Å²) in [5.41, 5.74) is 0.210. The van der Waals surface area contributed by atoms with E-state index in [4.69, 9.17) is 4.74 Å². The Balaban J connectivity index is 1.33. The maximum absolute atomic E-state index is 13.7. The summed E-state index contributed by atoms with van der Waals surface area (Å²) in [5.74, 6) is -1.12. The van der Waals surface area contributed by atoms with Gasteiger partial charge in [0.25, 0.3) is 5.91 Å². The molecule has 1 N–H and O–H groups in total. The molecule has 0 aliphatic carbocycles. The Kier molecular flexibility index (Phi) is 7.34. The van der Waals surface area contributed by atoms with Crippen molar-refractivity contribution in [3.05, 3.63) is 93.9 Å². The minimum atomic E-state index is -1.01. The number of halogens is 1. The fourth-order valence-electron chi connectivity index (χ4n) is 4.98. The van der Waals surface area contributed by atoms with Crippen LogP contribution in [0.15, 0.2) is 72.1 Å². The van der Waals surface area contributed by atoms with Gasteiger partial charge in [0.05, 0.1) is 13.0 Å². The molecule has 1 atom stereocenters. The highest BCUT2D eigenvalue weighted by Crippen LogP contribution is 2.38. The van der Waals surface area contributed by atoms with Gasteiger partial charge in [-0.25, -0.2) is 4.39 Å². The van der Waals surface area contributed by atoms with E-state index in [1.54, 1.807) is 16.2 Å². The molecule has 3 heterocycles. The number of thiophene rings is 1. The van der Waals surface area contributed by atoms with E-state index >= 15 is 0 Å². The molecule has 0 saturated carbocycles. The molecule has 2 fully saturated rings. The number of ether oxygens (including phenoxy) is 1. The number of nitrogens with one attached hydrogen (secondary N) is 1. The molecule has 0 bridgehead atoms. The van der Waals surface area contributed by atoms with Crippen LogP contribution in [-0.4, -0.2) is 59.0 Å². The molecule has 7 nitrogen and oxygen atoms in total. The molecule has 192 valence electrons. The Morgan fingerprint density at radius 1 is 1.00 bits per heavy atom. The van der Waals surface area contributed by atoms with Crippen molar-refractivity contribution in [1.29, 1.82) is 0 Å². The average molecular weight is 522 g/mol. The number of piperidine rings is 1. The first-order chi connectivity index (χ1) is 17.9. The number of hydrogen-bond donors (Lipinski definition) is 1. The molecular formula is C28H28FN3O4S. The number of carbonyl (C=O) groups excluding carboxylic acids is 3. The van der Waals surface area contributed by atoms with E-state index in [1.807, 2.05) is 47.8 Å². The van der Waals surface area contributed by atoms with Crippen LogP contribution in [-0.2, 0) is 27.3 Å². The van der Waals surface area contributed by atoms with Crippen LogP contribution in [0, 0.1) is 5.82 Å². The molecule has 1 aromatic heterocycles. The second-order valence-corrected chi connectivity index (χ2v) is 10.3. The van der Waals surface area contributed by atoms with E-state index in [9.17, 15) is 18.8 Å². The predicted molar refractivity (Wildman–Crippen MR) is 137 cm³/mol. The molecule has 2 aliphatic rings. The third-order valence-electron chi connectivity index (χ3n) is 6.99. The van der Waals surface area contributed by atoms with Gasteiger partial charge in [-0.2, -0.15) is 0 Å². The van der Waals surface area contributed by atoms with Gasteiger partial charge in [0.1, 0.15) is 17.6 Å². The van der Waals surface area contributed by atoms with Crippen molar-refractivity contribution in [3.63, 3.8) is 0 Å². The van der Waals surface area contributed by atoms with Gasteiger partial charge < -0.3 is 15.0 Å². The topological polar surface area (TPSA) is 79.0 Å². The molecule has 2 aromatic carbocycles. The molecule has 3 aromatic rings. The average Bonchev–Trinajstić information content (AvgIpc) is 3.56. The van der Waals surface area contributed by atoms with Crippen LogP contribution in [0.25, 0.3) is 0 Å². The third kappa shape index (κ3) is 5.42. The second kappa shape index (κ2) is 10.8. The number of nitrogens with zero attached hydrogens (tertiary/aromatic N) is 2. The van der Waals surface area contributed by atoms with Crippen molar-refractivity contribution in [2.24, 2.45) is 0 Å². The van der Waals surface area contributed by atoms with E-state index in [0.717, 1.165) is 10.4 Å². The first kappa shape index (κ1) is 25.1. The first-order valence-electron chi connectivity index (χ1n) is 12.3. The lowest BCUT2D eigenvalue weighted by Gasteiger charge is -2.44. The van der Waals surface area contributed by atoms with E-state index in [1.165, 1.54) is 29.2 Å². The van der Waals surface area contributed by atoms with Gasteiger partial charge >= 0.3 is 0 Å². The molecule has 1 spiro atoms. The third-order valence-corrected chi connectivity index (χ3v) is 7.86. The highest BCUT2D eigenvalue weighted by molar-refractivity contribution is 7.10. The zero-order valence-electron chi connectivity index (χ0n) is 20.3. The highest BCUT2D eigenvalue weighted by atomic mass is 32.1. The van der Waals surface area contributed by atoms with Gasteiger partial charge in [-0.1, -0.05) is 36.4 Å². The molecule has 0 unspecified atom stereocenters. The summed E-state index contributed by atoms with van der Waals surface area (Å²) in [6.07, 6.45) is 1.12. The highest BCUT2D eigenvalue weighted by Gasteiger charge is 2.54. The van der Waals surface area contributed by atoms with E-state index in [-0.39, 0.29) is 24.0 Å². The van der Waals surface area contributed by atoms with Crippen molar-refractivity contribution < 1.29 is 23.5 Å². The number of likely N-dealkylation sites (tertiary alicyclic amines) is 1. The Hall–Kier alpha value is -3.56. The summed E-state index contributed by atoms with van der Waals surface area (Å²) in [6, 6.07) is 17.8. The fourth-order valence-corrected chi connectivity index (χ4v) is 5.68. The largest absolute Gasteiger partial charge is 0.353 e. The summed E-state index contributed by atoms with van der Waals surface area (Å²) in [4.78, 5) is 44.2. The lowest BCUT2D eigenvalue weighted by atomic mass is 9.96. The molecule has 9 heteroatoms. The molecule has 2 aliphatic heterocycles. The zero-order chi connectivity index (χ0) is 25.8. The minimum Gasteiger partial charge on any atom is -0.353 e. The van der Waals surface area contributed by atoms with Crippen LogP contribution in [0.3, 0.4) is 0 Å². The predicted octanol–water partition coefficient (Wildman–Crippen LogP) is 3.61. The summed E-state index contributed by atoms with van der Waals surface area (Å²) in [6.45, 7) is 1.20. The summed E-state index contributed by atoms with van der Waals surface area (Å²) < 4.78 is 19.8. The number of rotatable bonds is 6. The molecule has 3 amide bonds. The van der Waals surface area contributed by atoms with Crippen LogP contribution < -0.4 is 5.32 Å². The number of benzene rings is 2. The summed E-state index contributed by atoms with van der Waals surface area (Å²) in [5, 5.41) is 4.87. The number of hydrogen-bond acceptors (Lipinski definition) is 5. The molecule has 37 heavy (non-hydrogen) atoms. The molecular weight excluding hydrogens is 493 g/mol. The van der Waals surface area contributed by atoms with Crippen LogP contribution in [0.2, 0.25) is 0 Å². The van der Waals surface area contributed by atoms with Gasteiger partial charge in [-0.3, -0.25) is 19.3 Å². The van der Waals surface area contributed by atoms with Crippen molar-refractivity contribution in [2.45, 2.75) is 37.6 Å². The number of amides is 3. The van der Waals surface area contributed by atoms with Crippen molar-refractivity contribution in [2.75, 3.05) is 19.7 Å². The summed E-state index contributed by atoms with van der Waals surface area (Å²) >= 11 is 1.55. The van der Waals surface area contributed by atoms with E-state index in [2.05, 4.69) is 5.32 Å². The van der Waals surface area contributed by atoms with Gasteiger partial charge in [-0.05, 0) is 41.3 Å². The van der Waals surface area contributed by atoms with Crippen LogP contribution in [0.1, 0.15) is 33.6 Å². The zero-order valence-corrected chi connectivity index (χ0v) is 21.1. The summed E-state index contributed by atoms with van der Waals surface area (Å²) in [7, 11) is 0.